The maximum atomic E-state index is 13.2. The monoisotopic (exact) mass is 371 g/mol. The second kappa shape index (κ2) is 8.56. The summed E-state index contributed by atoms with van der Waals surface area (Å²) in [7, 11) is 0. The maximum absolute atomic E-state index is 13.2. The molecule has 2 fully saturated rings. The second-order valence-electron chi connectivity index (χ2n) is 7.08. The van der Waals surface area contributed by atoms with Crippen molar-refractivity contribution in [3.8, 4) is 0 Å². The molecular formula is C21H26ClN3O. The van der Waals surface area contributed by atoms with Gasteiger partial charge in [-0.15, -0.1) is 12.4 Å². The van der Waals surface area contributed by atoms with E-state index in [9.17, 15) is 4.79 Å². The second-order valence-corrected chi connectivity index (χ2v) is 7.08. The Labute approximate surface area is 161 Å². The van der Waals surface area contributed by atoms with Crippen LogP contribution in [0.25, 0.3) is 0 Å². The average Bonchev–Trinajstić information content (AvgIpc) is 3.01. The highest BCUT2D eigenvalue weighted by molar-refractivity contribution is 6.00. The lowest BCUT2D eigenvalue weighted by Gasteiger charge is -2.22. The standard InChI is InChI=1S/C21H25N3O.ClH/c25-21(24-12-10-16-14-22-15-17(16)11-13-24)19-8-4-5-9-20(19)23-18-6-2-1-3-7-18;/h1-9,16-17,22-23H,10-15H2;1H/t16-,17+;. The number of likely N-dealkylation sites (tertiary alicyclic amines) is 1. The molecule has 2 atom stereocenters. The molecule has 2 aliphatic heterocycles. The molecule has 0 aliphatic carbocycles. The number of nitrogens with zero attached hydrogens (tertiary/aromatic N) is 1. The van der Waals surface area contributed by atoms with Crippen LogP contribution in [0.1, 0.15) is 23.2 Å². The van der Waals surface area contributed by atoms with Crippen molar-refractivity contribution in [1.29, 1.82) is 0 Å². The third-order valence-corrected chi connectivity index (χ3v) is 5.52. The number of amides is 1. The van der Waals surface area contributed by atoms with Crippen LogP contribution < -0.4 is 10.6 Å². The van der Waals surface area contributed by atoms with E-state index in [4.69, 9.17) is 0 Å². The number of benzene rings is 2. The first-order chi connectivity index (χ1) is 12.3. The lowest BCUT2D eigenvalue weighted by Crippen LogP contribution is -2.33. The van der Waals surface area contributed by atoms with Gasteiger partial charge < -0.3 is 15.5 Å². The Morgan fingerprint density at radius 1 is 0.923 bits per heavy atom. The molecule has 0 spiro atoms. The summed E-state index contributed by atoms with van der Waals surface area (Å²) >= 11 is 0. The van der Waals surface area contributed by atoms with E-state index in [1.54, 1.807) is 0 Å². The molecule has 0 aromatic heterocycles. The Morgan fingerprint density at radius 2 is 1.54 bits per heavy atom. The van der Waals surface area contributed by atoms with Crippen LogP contribution in [0.15, 0.2) is 54.6 Å². The number of rotatable bonds is 3. The van der Waals surface area contributed by atoms with E-state index < -0.39 is 0 Å². The summed E-state index contributed by atoms with van der Waals surface area (Å²) < 4.78 is 0. The van der Waals surface area contributed by atoms with E-state index in [0.29, 0.717) is 0 Å². The molecule has 2 aromatic rings. The van der Waals surface area contributed by atoms with E-state index in [0.717, 1.165) is 67.8 Å². The number of anilines is 2. The third kappa shape index (κ3) is 4.02. The molecule has 1 amide bonds. The van der Waals surface area contributed by atoms with Crippen LogP contribution >= 0.6 is 12.4 Å². The molecule has 0 saturated carbocycles. The molecule has 26 heavy (non-hydrogen) atoms. The van der Waals surface area contributed by atoms with Crippen molar-refractivity contribution in [1.82, 2.24) is 10.2 Å². The minimum atomic E-state index is 0. The largest absolute Gasteiger partial charge is 0.355 e. The molecule has 2 heterocycles. The highest BCUT2D eigenvalue weighted by atomic mass is 35.5. The minimum absolute atomic E-state index is 0. The van der Waals surface area contributed by atoms with E-state index in [-0.39, 0.29) is 18.3 Å². The van der Waals surface area contributed by atoms with Crippen LogP contribution in [0.2, 0.25) is 0 Å². The molecule has 5 heteroatoms. The predicted octanol–water partition coefficient (Wildman–Crippen LogP) is 3.92. The van der Waals surface area contributed by atoms with Crippen molar-refractivity contribution >= 4 is 29.7 Å². The fourth-order valence-electron chi connectivity index (χ4n) is 4.05. The van der Waals surface area contributed by atoms with Gasteiger partial charge in [0.25, 0.3) is 5.91 Å². The highest BCUT2D eigenvalue weighted by Gasteiger charge is 2.32. The first-order valence-corrected chi connectivity index (χ1v) is 9.22. The Hall–Kier alpha value is -2.04. The Kier molecular flexibility index (Phi) is 6.17. The van der Waals surface area contributed by atoms with Gasteiger partial charge in [-0.2, -0.15) is 0 Å². The molecule has 2 N–H and O–H groups in total. The summed E-state index contributed by atoms with van der Waals surface area (Å²) in [5, 5.41) is 6.88. The van der Waals surface area contributed by atoms with Crippen molar-refractivity contribution in [2.24, 2.45) is 11.8 Å². The van der Waals surface area contributed by atoms with Crippen LogP contribution in [0.3, 0.4) is 0 Å². The zero-order chi connectivity index (χ0) is 17.1. The van der Waals surface area contributed by atoms with Crippen molar-refractivity contribution in [2.75, 3.05) is 31.5 Å². The van der Waals surface area contributed by atoms with Gasteiger partial charge in [-0.3, -0.25) is 4.79 Å². The molecule has 0 radical (unpaired) electrons. The number of fused-ring (bicyclic) bond motifs is 1. The number of hydrogen-bond donors (Lipinski definition) is 2. The van der Waals surface area contributed by atoms with Crippen molar-refractivity contribution in [2.45, 2.75) is 12.8 Å². The Morgan fingerprint density at radius 3 is 2.23 bits per heavy atom. The van der Waals surface area contributed by atoms with E-state index >= 15 is 0 Å². The van der Waals surface area contributed by atoms with Crippen molar-refractivity contribution in [3.63, 3.8) is 0 Å². The summed E-state index contributed by atoms with van der Waals surface area (Å²) in [6.45, 7) is 3.94. The normalized spacial score (nSPS) is 22.1. The Balaban J connectivity index is 0.00000196. The van der Waals surface area contributed by atoms with Crippen molar-refractivity contribution in [3.05, 3.63) is 60.2 Å². The molecule has 2 saturated heterocycles. The van der Waals surface area contributed by atoms with Crippen LogP contribution in [0, 0.1) is 11.8 Å². The third-order valence-electron chi connectivity index (χ3n) is 5.52. The number of hydrogen-bond acceptors (Lipinski definition) is 3. The fraction of sp³-hybridized carbons (Fsp3) is 0.381. The summed E-state index contributed by atoms with van der Waals surface area (Å²) in [4.78, 5) is 15.2. The lowest BCUT2D eigenvalue weighted by atomic mass is 9.92. The quantitative estimate of drug-likeness (QED) is 0.859. The zero-order valence-corrected chi connectivity index (χ0v) is 15.7. The SMILES string of the molecule is Cl.O=C(c1ccccc1Nc1ccccc1)N1CC[C@@H]2CNC[C@@H]2CC1. The smallest absolute Gasteiger partial charge is 0.255 e. The van der Waals surface area contributed by atoms with Crippen LogP contribution in [0.4, 0.5) is 11.4 Å². The number of para-hydroxylation sites is 2. The number of carbonyl (C=O) groups excluding carboxylic acids is 1. The van der Waals surface area contributed by atoms with Gasteiger partial charge in [0.2, 0.25) is 0 Å². The van der Waals surface area contributed by atoms with Gasteiger partial charge in [0.05, 0.1) is 11.3 Å². The molecule has 4 nitrogen and oxygen atoms in total. The van der Waals surface area contributed by atoms with Gasteiger partial charge in [0.15, 0.2) is 0 Å². The fourth-order valence-corrected chi connectivity index (χ4v) is 4.05. The van der Waals surface area contributed by atoms with Crippen LogP contribution in [-0.4, -0.2) is 37.0 Å². The topological polar surface area (TPSA) is 44.4 Å². The first-order valence-electron chi connectivity index (χ1n) is 9.22. The summed E-state index contributed by atoms with van der Waals surface area (Å²) in [6.07, 6.45) is 2.22. The molecular weight excluding hydrogens is 346 g/mol. The highest BCUT2D eigenvalue weighted by Crippen LogP contribution is 2.29. The first kappa shape index (κ1) is 18.7. The van der Waals surface area contributed by atoms with Gasteiger partial charge in [-0.25, -0.2) is 0 Å². The predicted molar refractivity (Wildman–Crippen MR) is 108 cm³/mol. The molecule has 0 bridgehead atoms. The van der Waals surface area contributed by atoms with Crippen LogP contribution in [0.5, 0.6) is 0 Å². The molecule has 2 aliphatic rings. The van der Waals surface area contributed by atoms with E-state index in [1.807, 2.05) is 59.5 Å². The summed E-state index contributed by atoms with van der Waals surface area (Å²) in [6, 6.07) is 17.8. The van der Waals surface area contributed by atoms with Crippen molar-refractivity contribution < 1.29 is 4.79 Å². The molecule has 138 valence electrons. The molecule has 0 unspecified atom stereocenters. The van der Waals surface area contributed by atoms with Gasteiger partial charge in [0, 0.05) is 18.8 Å². The Bertz CT molecular complexity index is 723. The average molecular weight is 372 g/mol. The summed E-state index contributed by atoms with van der Waals surface area (Å²) in [5.74, 6) is 1.61. The van der Waals surface area contributed by atoms with Gasteiger partial charge >= 0.3 is 0 Å². The summed E-state index contributed by atoms with van der Waals surface area (Å²) in [5.41, 5.74) is 2.64. The van der Waals surface area contributed by atoms with E-state index in [2.05, 4.69) is 10.6 Å². The maximum Gasteiger partial charge on any atom is 0.255 e. The zero-order valence-electron chi connectivity index (χ0n) is 14.9. The number of carbonyl (C=O) groups is 1. The number of halogens is 1. The molecule has 4 rings (SSSR count). The minimum Gasteiger partial charge on any atom is -0.355 e. The molecule has 2 aromatic carbocycles. The van der Waals surface area contributed by atoms with Crippen LogP contribution in [-0.2, 0) is 0 Å². The van der Waals surface area contributed by atoms with Gasteiger partial charge in [-0.05, 0) is 62.0 Å². The lowest BCUT2D eigenvalue weighted by molar-refractivity contribution is 0.0759. The number of nitrogens with one attached hydrogen (secondary N) is 2. The van der Waals surface area contributed by atoms with Gasteiger partial charge in [-0.1, -0.05) is 30.3 Å². The van der Waals surface area contributed by atoms with Gasteiger partial charge in [0.1, 0.15) is 0 Å². The van der Waals surface area contributed by atoms with E-state index in [1.165, 1.54) is 0 Å².